The Morgan fingerprint density at radius 2 is 1.70 bits per heavy atom. The van der Waals surface area contributed by atoms with Gasteiger partial charge in [0.1, 0.15) is 0 Å². The fourth-order valence-electron chi connectivity index (χ4n) is 4.07. The predicted octanol–water partition coefficient (Wildman–Crippen LogP) is 5.19. The zero-order valence-corrected chi connectivity index (χ0v) is 18.8. The molecular formula is C23H35NO2Se. The first-order chi connectivity index (χ1) is 13.2. The van der Waals surface area contributed by atoms with Gasteiger partial charge in [-0.2, -0.15) is 0 Å². The van der Waals surface area contributed by atoms with Gasteiger partial charge in [0.2, 0.25) is 0 Å². The Hall–Kier alpha value is -0.991. The first-order valence-electron chi connectivity index (χ1n) is 10.8. The van der Waals surface area contributed by atoms with Crippen LogP contribution in [0.1, 0.15) is 95.7 Å². The van der Waals surface area contributed by atoms with Crippen LogP contribution in [0, 0.1) is 5.41 Å². The van der Waals surface area contributed by atoms with Crippen molar-refractivity contribution in [2.75, 3.05) is 6.61 Å². The molecule has 0 radical (unpaired) electrons. The molecule has 2 rings (SSSR count). The second-order valence-electron chi connectivity index (χ2n) is 7.75. The molecule has 3 nitrogen and oxygen atoms in total. The summed E-state index contributed by atoms with van der Waals surface area (Å²) in [6.45, 7) is 4.57. The van der Waals surface area contributed by atoms with Crippen LogP contribution in [-0.4, -0.2) is 37.6 Å². The zero-order valence-electron chi connectivity index (χ0n) is 17.1. The van der Waals surface area contributed by atoms with E-state index in [1.165, 1.54) is 57.8 Å². The van der Waals surface area contributed by atoms with Gasteiger partial charge in [0, 0.05) is 0 Å². The Balaban J connectivity index is 1.80. The van der Waals surface area contributed by atoms with Crippen molar-refractivity contribution in [3.8, 4) is 0 Å². The van der Waals surface area contributed by atoms with Crippen LogP contribution in [-0.2, 0) is 16.0 Å². The number of nitrogens with zero attached hydrogens (tertiary/aromatic N) is 1. The van der Waals surface area contributed by atoms with Gasteiger partial charge >= 0.3 is 160 Å². The molecule has 0 spiro atoms. The third-order valence-electron chi connectivity index (χ3n) is 5.66. The Morgan fingerprint density at radius 3 is 2.30 bits per heavy atom. The maximum atomic E-state index is 12.8. The topological polar surface area (TPSA) is 39.2 Å². The van der Waals surface area contributed by atoms with Crippen molar-refractivity contribution in [3.63, 3.8) is 0 Å². The van der Waals surface area contributed by atoms with Crippen LogP contribution in [0.3, 0.4) is 0 Å². The van der Waals surface area contributed by atoms with Crippen molar-refractivity contribution in [2.24, 2.45) is 5.41 Å². The predicted molar refractivity (Wildman–Crippen MR) is 113 cm³/mol. The molecule has 0 saturated carbocycles. The normalized spacial score (nSPS) is 18.5. The summed E-state index contributed by atoms with van der Waals surface area (Å²) < 4.78 is 6.44. The molecule has 1 aliphatic rings. The standard InChI is InChI=1S/C23H35NO2Se/c1-3-5-6-7-8-9-10-11-12-13-16-23(22(25)26-4-2)18-19-15-14-17-24-20(19)21(23)27/h14-15,17H,3-13,16,18H2,1-2H3. The number of ether oxygens (including phenoxy) is 1. The number of carbonyl (C=O) groups is 1. The van der Waals surface area contributed by atoms with E-state index in [1.54, 1.807) is 6.20 Å². The number of hydrogen-bond acceptors (Lipinski definition) is 3. The molecule has 0 fully saturated rings. The summed E-state index contributed by atoms with van der Waals surface area (Å²) in [5.41, 5.74) is 1.57. The number of pyridine rings is 1. The average Bonchev–Trinajstić information content (AvgIpc) is 2.97. The molecule has 0 bridgehead atoms. The summed E-state index contributed by atoms with van der Waals surface area (Å²) in [5.74, 6) is -0.0901. The number of carbonyl (C=O) groups excluding carboxylic acids is 1. The number of esters is 1. The quantitative estimate of drug-likeness (QED) is 0.243. The van der Waals surface area contributed by atoms with Gasteiger partial charge in [-0.1, -0.05) is 13.3 Å². The zero-order chi connectivity index (χ0) is 19.5. The fraction of sp³-hybridized carbons (Fsp3) is 0.696. The van der Waals surface area contributed by atoms with E-state index in [0.717, 1.165) is 34.9 Å². The molecule has 0 aromatic carbocycles. The van der Waals surface area contributed by atoms with Gasteiger partial charge in [0.25, 0.3) is 0 Å². The van der Waals surface area contributed by atoms with Crippen LogP contribution in [0.4, 0.5) is 0 Å². The molecule has 150 valence electrons. The van der Waals surface area contributed by atoms with E-state index in [0.29, 0.717) is 6.61 Å². The van der Waals surface area contributed by atoms with E-state index in [2.05, 4.69) is 33.5 Å². The van der Waals surface area contributed by atoms with Crippen LogP contribution in [0.5, 0.6) is 0 Å². The molecule has 0 saturated heterocycles. The molecule has 0 aliphatic heterocycles. The van der Waals surface area contributed by atoms with Crippen LogP contribution >= 0.6 is 0 Å². The first-order valence-corrected chi connectivity index (χ1v) is 11.7. The fourth-order valence-corrected chi connectivity index (χ4v) is 5.00. The van der Waals surface area contributed by atoms with Crippen molar-refractivity contribution in [1.29, 1.82) is 0 Å². The molecule has 0 amide bonds. The molecule has 1 aliphatic carbocycles. The number of hydrogen-bond donors (Lipinski definition) is 0. The van der Waals surface area contributed by atoms with E-state index in [9.17, 15) is 4.79 Å². The molecular weight excluding hydrogens is 401 g/mol. The molecule has 1 unspecified atom stereocenters. The third kappa shape index (κ3) is 5.99. The Kier molecular flexibility index (Phi) is 9.72. The third-order valence-corrected chi connectivity index (χ3v) is 6.88. The van der Waals surface area contributed by atoms with Gasteiger partial charge in [0.15, 0.2) is 0 Å². The second kappa shape index (κ2) is 11.8. The van der Waals surface area contributed by atoms with Gasteiger partial charge in [-0.25, -0.2) is 0 Å². The van der Waals surface area contributed by atoms with Crippen molar-refractivity contribution >= 4 is 26.0 Å². The van der Waals surface area contributed by atoms with E-state index >= 15 is 0 Å². The number of aromatic nitrogens is 1. The molecule has 0 N–H and O–H groups in total. The van der Waals surface area contributed by atoms with E-state index in [4.69, 9.17) is 4.74 Å². The summed E-state index contributed by atoms with van der Waals surface area (Å²) >= 11 is 3.16. The number of unbranched alkanes of at least 4 members (excludes halogenated alkanes) is 9. The molecule has 1 atom stereocenters. The van der Waals surface area contributed by atoms with Crippen LogP contribution in [0.2, 0.25) is 0 Å². The Bertz CT molecular complexity index is 616. The SMILES string of the molecule is CCCCCCCCCCCCC1(C(=O)OCC)Cc2cccnc2C1=[Se]. The van der Waals surface area contributed by atoms with Gasteiger partial charge < -0.3 is 0 Å². The van der Waals surface area contributed by atoms with Crippen molar-refractivity contribution in [1.82, 2.24) is 4.98 Å². The molecule has 1 aromatic rings. The summed E-state index contributed by atoms with van der Waals surface area (Å²) in [6, 6.07) is 4.03. The number of fused-ring (bicyclic) bond motifs is 1. The van der Waals surface area contributed by atoms with Gasteiger partial charge in [0.05, 0.1) is 0 Å². The van der Waals surface area contributed by atoms with Crippen molar-refractivity contribution in [2.45, 2.75) is 90.9 Å². The van der Waals surface area contributed by atoms with E-state index in [1.807, 2.05) is 13.0 Å². The van der Waals surface area contributed by atoms with Crippen molar-refractivity contribution in [3.05, 3.63) is 29.6 Å². The van der Waals surface area contributed by atoms with E-state index < -0.39 is 5.41 Å². The minimum absolute atomic E-state index is 0.0901. The minimum atomic E-state index is -0.549. The maximum absolute atomic E-state index is 12.8. The molecule has 1 heterocycles. The summed E-state index contributed by atoms with van der Waals surface area (Å²) in [5, 5.41) is 0. The number of rotatable bonds is 13. The molecule has 1 aromatic heterocycles. The average molecular weight is 436 g/mol. The Morgan fingerprint density at radius 1 is 1.07 bits per heavy atom. The Labute approximate surface area is 173 Å². The van der Waals surface area contributed by atoms with E-state index in [-0.39, 0.29) is 5.97 Å². The van der Waals surface area contributed by atoms with Gasteiger partial charge in [-0.15, -0.1) is 0 Å². The summed E-state index contributed by atoms with van der Waals surface area (Å²) in [4.78, 5) is 17.3. The molecule has 4 heteroatoms. The van der Waals surface area contributed by atoms with Crippen LogP contribution in [0.15, 0.2) is 18.3 Å². The van der Waals surface area contributed by atoms with Crippen LogP contribution < -0.4 is 0 Å². The first kappa shape index (κ1) is 22.3. The van der Waals surface area contributed by atoms with Crippen molar-refractivity contribution < 1.29 is 9.53 Å². The monoisotopic (exact) mass is 437 g/mol. The van der Waals surface area contributed by atoms with Crippen LogP contribution in [0.25, 0.3) is 0 Å². The summed E-state index contributed by atoms with van der Waals surface area (Å²) in [7, 11) is 0. The second-order valence-corrected chi connectivity index (χ2v) is 8.61. The van der Waals surface area contributed by atoms with Gasteiger partial charge in [-0.3, -0.25) is 0 Å². The van der Waals surface area contributed by atoms with Gasteiger partial charge in [-0.05, 0) is 0 Å². The summed E-state index contributed by atoms with van der Waals surface area (Å²) in [6.07, 6.45) is 16.4. The molecule has 27 heavy (non-hydrogen) atoms.